The van der Waals surface area contributed by atoms with Gasteiger partial charge in [-0.15, -0.1) is 0 Å². The predicted octanol–water partition coefficient (Wildman–Crippen LogP) is 3.57. The van der Waals surface area contributed by atoms with Crippen molar-refractivity contribution in [3.05, 3.63) is 11.5 Å². The van der Waals surface area contributed by atoms with Crippen molar-refractivity contribution in [2.45, 2.75) is 32.6 Å². The van der Waals surface area contributed by atoms with Crippen LogP contribution in [0.25, 0.3) is 0 Å². The van der Waals surface area contributed by atoms with Crippen LogP contribution in [0.5, 0.6) is 0 Å². The van der Waals surface area contributed by atoms with Crippen LogP contribution in [0.2, 0.25) is 0 Å². The maximum absolute atomic E-state index is 15.9. The Kier molecular flexibility index (Phi) is 1.02. The second-order valence-electron chi connectivity index (χ2n) is 12.8. The van der Waals surface area contributed by atoms with Crippen molar-refractivity contribution in [2.24, 2.45) is 97.9 Å². The molecule has 5 spiro atoms. The summed E-state index contributed by atoms with van der Waals surface area (Å²) in [4.78, 5) is 0. The smallest absolute Gasteiger partial charge is 0.127 e. The van der Waals surface area contributed by atoms with Gasteiger partial charge in [0.05, 0.1) is 0 Å². The summed E-state index contributed by atoms with van der Waals surface area (Å²) in [5.41, 5.74) is 9.47. The highest BCUT2D eigenvalue weighted by Gasteiger charge is 3.20. The highest BCUT2D eigenvalue weighted by atomic mass is 19.1. The zero-order chi connectivity index (χ0) is 15.8. The number of allylic oxidation sites excluding steroid dienone is 2. The average Bonchev–Trinajstić information content (AvgIpc) is 2.90. The van der Waals surface area contributed by atoms with Gasteiger partial charge < -0.3 is 5.73 Å². The molecule has 11 aliphatic rings. The first-order valence-electron chi connectivity index (χ1n) is 11.3. The van der Waals surface area contributed by atoms with E-state index in [1.807, 2.05) is 0 Å². The van der Waals surface area contributed by atoms with E-state index in [9.17, 15) is 0 Å². The van der Waals surface area contributed by atoms with Gasteiger partial charge in [-0.05, 0) is 107 Å². The minimum absolute atomic E-state index is 0.0452. The van der Waals surface area contributed by atoms with Crippen LogP contribution < -0.4 is 5.73 Å². The van der Waals surface area contributed by atoms with Crippen molar-refractivity contribution >= 4 is 0 Å². The lowest BCUT2D eigenvalue weighted by Crippen LogP contribution is -3.10. The van der Waals surface area contributed by atoms with Gasteiger partial charge in [-0.3, -0.25) is 0 Å². The molecule has 128 valence electrons. The Bertz CT molecular complexity index is 985. The van der Waals surface area contributed by atoms with Crippen molar-refractivity contribution in [1.82, 2.24) is 0 Å². The topological polar surface area (TPSA) is 26.0 Å². The first kappa shape index (κ1) is 11.3. The molecule has 0 aromatic carbocycles. The second kappa shape index (κ2) is 2.26. The molecule has 0 aliphatic heterocycles. The monoisotopic (exact) mass is 333 g/mol. The molecule has 1 nitrogen and oxygen atoms in total. The molecular weight excluding hydrogens is 309 g/mol. The van der Waals surface area contributed by atoms with Gasteiger partial charge in [0.1, 0.15) is 5.83 Å². The number of nitrogens with two attached hydrogens (primary N) is 1. The molecule has 16 unspecified atom stereocenters. The lowest BCUT2D eigenvalue weighted by atomic mass is 8.91. The van der Waals surface area contributed by atoms with Crippen LogP contribution in [0.4, 0.5) is 4.39 Å². The van der Waals surface area contributed by atoms with Crippen LogP contribution in [0.3, 0.4) is 0 Å². The van der Waals surface area contributed by atoms with Crippen LogP contribution in [-0.4, -0.2) is 0 Å². The molecule has 11 rings (SSSR count). The van der Waals surface area contributed by atoms with E-state index in [1.165, 1.54) is 19.3 Å². The molecule has 2 N–H and O–H groups in total. The van der Waals surface area contributed by atoms with E-state index in [1.54, 1.807) is 6.42 Å². The van der Waals surface area contributed by atoms with Crippen LogP contribution in [0.15, 0.2) is 11.5 Å². The Labute approximate surface area is 147 Å². The Morgan fingerprint density at radius 3 is 2.00 bits per heavy atom. The zero-order valence-corrected chi connectivity index (χ0v) is 14.6. The Hall–Kier alpha value is -0.530. The molecule has 0 amide bonds. The van der Waals surface area contributed by atoms with E-state index < -0.39 is 0 Å². The van der Waals surface area contributed by atoms with E-state index in [0.29, 0.717) is 27.9 Å². The van der Waals surface area contributed by atoms with Gasteiger partial charge >= 0.3 is 0 Å². The van der Waals surface area contributed by atoms with Crippen molar-refractivity contribution in [3.63, 3.8) is 0 Å². The highest BCUT2D eigenvalue weighted by molar-refractivity contribution is 5.68. The average molecular weight is 333 g/mol. The highest BCUT2D eigenvalue weighted by Crippen LogP contribution is 3.22. The number of halogens is 1. The van der Waals surface area contributed by atoms with E-state index in [2.05, 4.69) is 6.92 Å². The molecular formula is C23H24FN. The minimum atomic E-state index is -0.0452. The third kappa shape index (κ3) is 0.448. The van der Waals surface area contributed by atoms with Crippen LogP contribution in [0.1, 0.15) is 32.6 Å². The minimum Gasteiger partial charge on any atom is -0.400 e. The molecule has 0 radical (unpaired) electrons. The summed E-state index contributed by atoms with van der Waals surface area (Å²) < 4.78 is 15.9. The fourth-order valence-electron chi connectivity index (χ4n) is 16.3. The van der Waals surface area contributed by atoms with Crippen molar-refractivity contribution < 1.29 is 4.39 Å². The quantitative estimate of drug-likeness (QED) is 0.721. The lowest BCUT2D eigenvalue weighted by molar-refractivity contribution is -0.665. The third-order valence-electron chi connectivity index (χ3n) is 15.0. The third-order valence-corrected chi connectivity index (χ3v) is 15.0. The van der Waals surface area contributed by atoms with Crippen molar-refractivity contribution in [3.8, 4) is 0 Å². The van der Waals surface area contributed by atoms with E-state index >= 15 is 4.39 Å². The molecule has 0 saturated heterocycles. The fourth-order valence-corrected chi connectivity index (χ4v) is 16.3. The Morgan fingerprint density at radius 1 is 0.840 bits per heavy atom. The molecule has 11 aliphatic carbocycles. The van der Waals surface area contributed by atoms with Gasteiger partial charge in [0.25, 0.3) is 0 Å². The molecule has 2 bridgehead atoms. The number of hydrogen-bond donors (Lipinski definition) is 1. The largest absolute Gasteiger partial charge is 0.400 e. The summed E-state index contributed by atoms with van der Waals surface area (Å²) in [6.07, 6.45) is 6.11. The van der Waals surface area contributed by atoms with Crippen LogP contribution in [-0.2, 0) is 0 Å². The molecule has 10 saturated carbocycles. The van der Waals surface area contributed by atoms with Gasteiger partial charge in [0.15, 0.2) is 0 Å². The summed E-state index contributed by atoms with van der Waals surface area (Å²) >= 11 is 0. The summed E-state index contributed by atoms with van der Waals surface area (Å²) in [6.45, 7) is 2.34. The second-order valence-corrected chi connectivity index (χ2v) is 12.8. The van der Waals surface area contributed by atoms with E-state index in [0.717, 1.165) is 64.6 Å². The molecule has 0 heterocycles. The maximum Gasteiger partial charge on any atom is 0.127 e. The standard InChI is InChI=1S/C23H24FN/c1-6-17(25)18(24)19(6)13-9-4-8-5-12-16-15-11-3-7-2-10-14(13)22(15,20(7,10)11)23(16,19)21(8,9)12/h6-16H,2-5,25H2,1H3. The summed E-state index contributed by atoms with van der Waals surface area (Å²) in [6, 6.07) is 0. The Morgan fingerprint density at radius 2 is 1.40 bits per heavy atom. The lowest BCUT2D eigenvalue weighted by Gasteiger charge is -3.12. The number of rotatable bonds is 0. The molecule has 10 fully saturated rings. The van der Waals surface area contributed by atoms with Gasteiger partial charge in [0.2, 0.25) is 0 Å². The van der Waals surface area contributed by atoms with E-state index in [4.69, 9.17) is 5.73 Å². The summed E-state index contributed by atoms with van der Waals surface area (Å²) in [5.74, 6) is 10.5. The number of fused-ring (bicyclic) bond motifs is 6. The molecule has 25 heavy (non-hydrogen) atoms. The summed E-state index contributed by atoms with van der Waals surface area (Å²) in [7, 11) is 0. The normalized spacial score (nSPS) is 93.0. The van der Waals surface area contributed by atoms with Crippen molar-refractivity contribution in [2.75, 3.05) is 0 Å². The first-order chi connectivity index (χ1) is 12.1. The molecule has 0 aromatic rings. The zero-order valence-electron chi connectivity index (χ0n) is 14.6. The SMILES string of the molecule is CC1C(N)=C(F)C12C1C3CC4CC5C6C7C8CC9CC%10C1C7(C9%108)C62C435. The molecule has 2 heteroatoms. The van der Waals surface area contributed by atoms with Gasteiger partial charge in [-0.1, -0.05) is 6.92 Å². The Balaban J connectivity index is 1.33. The van der Waals surface area contributed by atoms with Gasteiger partial charge in [-0.25, -0.2) is 4.39 Å². The van der Waals surface area contributed by atoms with Gasteiger partial charge in [-0.2, -0.15) is 0 Å². The molecule has 0 aromatic heterocycles. The predicted molar refractivity (Wildman–Crippen MR) is 87.0 cm³/mol. The van der Waals surface area contributed by atoms with Crippen LogP contribution >= 0.6 is 0 Å². The van der Waals surface area contributed by atoms with Crippen LogP contribution in [0, 0.1) is 92.2 Å². The summed E-state index contributed by atoms with van der Waals surface area (Å²) in [5, 5.41) is 0. The van der Waals surface area contributed by atoms with Crippen molar-refractivity contribution in [1.29, 1.82) is 0 Å². The van der Waals surface area contributed by atoms with E-state index in [-0.39, 0.29) is 11.2 Å². The first-order valence-corrected chi connectivity index (χ1v) is 11.3. The van der Waals surface area contributed by atoms with Gasteiger partial charge in [0, 0.05) is 17.0 Å². The molecule has 16 atom stereocenters. The fraction of sp³-hybridized carbons (Fsp3) is 0.913. The number of hydrogen-bond acceptors (Lipinski definition) is 1. The maximum atomic E-state index is 15.9.